The molecule has 1 N–H and O–H groups in total. The van der Waals surface area contributed by atoms with Crippen LogP contribution in [0.5, 0.6) is 11.5 Å². The van der Waals surface area contributed by atoms with Crippen molar-refractivity contribution >= 4 is 34.8 Å². The Morgan fingerprint density at radius 3 is 1.61 bits per heavy atom. The molecule has 4 rings (SSSR count). The van der Waals surface area contributed by atoms with Crippen LogP contribution >= 0.6 is 23.2 Å². The number of amides is 1. The zero-order valence-electron chi connectivity index (χ0n) is 19.6. The highest BCUT2D eigenvalue weighted by atomic mass is 35.5. The van der Waals surface area contributed by atoms with Crippen molar-refractivity contribution in [3.8, 4) is 11.5 Å². The number of ether oxygens (including phenoxy) is 2. The van der Waals surface area contributed by atoms with Crippen LogP contribution in [0, 0.1) is 0 Å². The van der Waals surface area contributed by atoms with Gasteiger partial charge in [-0.3, -0.25) is 4.79 Å². The first-order valence-electron chi connectivity index (χ1n) is 11.3. The van der Waals surface area contributed by atoms with Crippen LogP contribution in [-0.2, 0) is 13.2 Å². The maximum Gasteiger partial charge on any atom is 0.271 e. The first-order chi connectivity index (χ1) is 17.5. The molecule has 0 aliphatic carbocycles. The van der Waals surface area contributed by atoms with Gasteiger partial charge in [0, 0.05) is 15.6 Å². The van der Waals surface area contributed by atoms with Crippen LogP contribution in [0.1, 0.15) is 34.0 Å². The van der Waals surface area contributed by atoms with Crippen LogP contribution in [0.15, 0.2) is 102 Å². The lowest BCUT2D eigenvalue weighted by Crippen LogP contribution is -2.19. The van der Waals surface area contributed by atoms with Gasteiger partial charge in [-0.2, -0.15) is 5.10 Å². The molecule has 4 aromatic rings. The van der Waals surface area contributed by atoms with Crippen molar-refractivity contribution in [1.29, 1.82) is 0 Å². The third kappa shape index (κ3) is 7.35. The summed E-state index contributed by atoms with van der Waals surface area (Å²) >= 11 is 11.8. The van der Waals surface area contributed by atoms with Crippen molar-refractivity contribution in [2.45, 2.75) is 20.1 Å². The Kier molecular flexibility index (Phi) is 8.61. The number of benzene rings is 4. The molecule has 0 aliphatic heterocycles. The molecular weight excluding hydrogens is 495 g/mol. The van der Waals surface area contributed by atoms with Gasteiger partial charge in [0.2, 0.25) is 0 Å². The normalized spacial score (nSPS) is 11.1. The van der Waals surface area contributed by atoms with Gasteiger partial charge in [-0.05, 0) is 96.4 Å². The van der Waals surface area contributed by atoms with E-state index in [1.54, 1.807) is 24.3 Å². The van der Waals surface area contributed by atoms with Gasteiger partial charge < -0.3 is 9.47 Å². The summed E-state index contributed by atoms with van der Waals surface area (Å²) in [5, 5.41) is 5.59. The third-order valence-electron chi connectivity index (χ3n) is 5.35. The summed E-state index contributed by atoms with van der Waals surface area (Å²) in [5.41, 5.74) is 6.65. The smallest absolute Gasteiger partial charge is 0.271 e. The van der Waals surface area contributed by atoms with E-state index >= 15 is 0 Å². The van der Waals surface area contributed by atoms with Crippen molar-refractivity contribution in [3.05, 3.63) is 129 Å². The van der Waals surface area contributed by atoms with Crippen LogP contribution in [0.25, 0.3) is 0 Å². The molecule has 0 aliphatic rings. The second-order valence-electron chi connectivity index (χ2n) is 8.02. The molecule has 4 aromatic carbocycles. The second kappa shape index (κ2) is 12.2. The van der Waals surface area contributed by atoms with E-state index in [4.69, 9.17) is 32.7 Å². The first-order valence-corrected chi connectivity index (χ1v) is 12.0. The molecule has 0 atom stereocenters. The number of rotatable bonds is 9. The van der Waals surface area contributed by atoms with Crippen LogP contribution in [0.4, 0.5) is 0 Å². The SMILES string of the molecule is CC(=NNC(=O)c1ccc(COc2ccc(Cl)cc2)cc1)c1ccc(OCc2ccc(Cl)cc2)cc1. The minimum Gasteiger partial charge on any atom is -0.489 e. The highest BCUT2D eigenvalue weighted by Gasteiger charge is 2.06. The highest BCUT2D eigenvalue weighted by molar-refractivity contribution is 6.30. The van der Waals surface area contributed by atoms with E-state index in [2.05, 4.69) is 10.5 Å². The summed E-state index contributed by atoms with van der Waals surface area (Å²) in [6, 6.07) is 29.4. The van der Waals surface area contributed by atoms with E-state index < -0.39 is 0 Å². The fourth-order valence-corrected chi connectivity index (χ4v) is 3.51. The molecule has 5 nitrogen and oxygen atoms in total. The molecule has 0 unspecified atom stereocenters. The van der Waals surface area contributed by atoms with Crippen LogP contribution < -0.4 is 14.9 Å². The van der Waals surface area contributed by atoms with Crippen molar-refractivity contribution in [3.63, 3.8) is 0 Å². The van der Waals surface area contributed by atoms with E-state index in [0.29, 0.717) is 34.5 Å². The maximum atomic E-state index is 12.5. The number of hydrogen-bond donors (Lipinski definition) is 1. The standard InChI is InChI=1S/C29H24Cl2N2O3/c1-20(23-8-14-27(15-9-23)35-19-22-4-10-25(30)11-5-22)32-33-29(34)24-6-2-21(3-7-24)18-36-28-16-12-26(31)13-17-28/h2-17H,18-19H2,1H3,(H,33,34). The molecule has 0 bridgehead atoms. The topological polar surface area (TPSA) is 59.9 Å². The Bertz CT molecular complexity index is 1320. The molecule has 0 aromatic heterocycles. The summed E-state index contributed by atoms with van der Waals surface area (Å²) in [4.78, 5) is 12.5. The molecule has 0 radical (unpaired) electrons. The Hall–Kier alpha value is -3.80. The summed E-state index contributed by atoms with van der Waals surface area (Å²) in [7, 11) is 0. The Labute approximate surface area is 220 Å². The van der Waals surface area contributed by atoms with Crippen molar-refractivity contribution in [2.75, 3.05) is 0 Å². The molecule has 0 heterocycles. The van der Waals surface area contributed by atoms with E-state index in [0.717, 1.165) is 28.2 Å². The quantitative estimate of drug-likeness (QED) is 0.186. The van der Waals surface area contributed by atoms with Gasteiger partial charge in [0.05, 0.1) is 5.71 Å². The van der Waals surface area contributed by atoms with Crippen molar-refractivity contribution in [1.82, 2.24) is 5.43 Å². The zero-order valence-corrected chi connectivity index (χ0v) is 21.1. The van der Waals surface area contributed by atoms with Gasteiger partial charge in [-0.1, -0.05) is 47.5 Å². The summed E-state index contributed by atoms with van der Waals surface area (Å²) in [5.74, 6) is 1.18. The van der Waals surface area contributed by atoms with Gasteiger partial charge in [-0.15, -0.1) is 0 Å². The molecule has 0 saturated heterocycles. The minimum absolute atomic E-state index is 0.289. The molecule has 7 heteroatoms. The monoisotopic (exact) mass is 518 g/mol. The molecule has 0 spiro atoms. The number of nitrogens with zero attached hydrogens (tertiary/aromatic N) is 1. The molecule has 1 amide bonds. The van der Waals surface area contributed by atoms with Crippen LogP contribution in [0.2, 0.25) is 10.0 Å². The number of hydrogen-bond acceptors (Lipinski definition) is 4. The summed E-state index contributed by atoms with van der Waals surface area (Å²) in [6.45, 7) is 2.67. The summed E-state index contributed by atoms with van der Waals surface area (Å²) < 4.78 is 11.5. The second-order valence-corrected chi connectivity index (χ2v) is 8.89. The first kappa shape index (κ1) is 25.3. The molecule has 182 valence electrons. The number of carbonyl (C=O) groups excluding carboxylic acids is 1. The van der Waals surface area contributed by atoms with E-state index in [9.17, 15) is 4.79 Å². The minimum atomic E-state index is -0.289. The number of hydrazone groups is 1. The Morgan fingerprint density at radius 1 is 0.667 bits per heavy atom. The van der Waals surface area contributed by atoms with E-state index in [-0.39, 0.29) is 5.91 Å². The van der Waals surface area contributed by atoms with Crippen LogP contribution in [-0.4, -0.2) is 11.6 Å². The predicted molar refractivity (Wildman–Crippen MR) is 144 cm³/mol. The van der Waals surface area contributed by atoms with E-state index in [1.807, 2.05) is 79.7 Å². The molecule has 0 fully saturated rings. The lowest BCUT2D eigenvalue weighted by Gasteiger charge is -2.08. The molecular formula is C29H24Cl2N2O3. The number of nitrogens with one attached hydrogen (secondary N) is 1. The van der Waals surface area contributed by atoms with Gasteiger partial charge in [0.15, 0.2) is 0 Å². The third-order valence-corrected chi connectivity index (χ3v) is 5.86. The average molecular weight is 519 g/mol. The maximum absolute atomic E-state index is 12.5. The largest absolute Gasteiger partial charge is 0.489 e. The Balaban J connectivity index is 1.27. The number of halogens is 2. The predicted octanol–water partition coefficient (Wildman–Crippen LogP) is 7.31. The van der Waals surface area contributed by atoms with Gasteiger partial charge in [0.1, 0.15) is 24.7 Å². The fraction of sp³-hybridized carbons (Fsp3) is 0.103. The average Bonchev–Trinajstić information content (AvgIpc) is 2.91. The van der Waals surface area contributed by atoms with Gasteiger partial charge >= 0.3 is 0 Å². The summed E-state index contributed by atoms with van der Waals surface area (Å²) in [6.07, 6.45) is 0. The van der Waals surface area contributed by atoms with Crippen molar-refractivity contribution in [2.24, 2.45) is 5.10 Å². The van der Waals surface area contributed by atoms with Gasteiger partial charge in [0.25, 0.3) is 5.91 Å². The fourth-order valence-electron chi connectivity index (χ4n) is 3.25. The lowest BCUT2D eigenvalue weighted by molar-refractivity contribution is 0.0954. The Morgan fingerprint density at radius 2 is 1.08 bits per heavy atom. The lowest BCUT2D eigenvalue weighted by atomic mass is 10.1. The van der Waals surface area contributed by atoms with E-state index in [1.165, 1.54) is 0 Å². The number of carbonyl (C=O) groups is 1. The highest BCUT2D eigenvalue weighted by Crippen LogP contribution is 2.18. The molecule has 36 heavy (non-hydrogen) atoms. The van der Waals surface area contributed by atoms with Gasteiger partial charge in [-0.25, -0.2) is 5.43 Å². The zero-order chi connectivity index (χ0) is 25.3. The van der Waals surface area contributed by atoms with Crippen LogP contribution in [0.3, 0.4) is 0 Å². The van der Waals surface area contributed by atoms with Crippen molar-refractivity contribution < 1.29 is 14.3 Å². The molecule has 0 saturated carbocycles.